The van der Waals surface area contributed by atoms with Crippen LogP contribution in [0.5, 0.6) is 0 Å². The molecule has 1 unspecified atom stereocenters. The topological polar surface area (TPSA) is 121 Å². The van der Waals surface area contributed by atoms with E-state index in [0.717, 1.165) is 22.7 Å². The SMILES string of the molecule is CC1(C(=O)O)CCN(S(=O)(=O)c2ccc(NS(C)(=O)=O)c(F)c2)C1. The molecule has 0 bridgehead atoms. The third kappa shape index (κ3) is 3.68. The van der Waals surface area contributed by atoms with Crippen LogP contribution in [0.3, 0.4) is 0 Å². The van der Waals surface area contributed by atoms with Crippen molar-refractivity contribution in [3.05, 3.63) is 24.0 Å². The first-order chi connectivity index (χ1) is 10.8. The van der Waals surface area contributed by atoms with Crippen molar-refractivity contribution < 1.29 is 31.1 Å². The zero-order valence-electron chi connectivity index (χ0n) is 13.0. The minimum absolute atomic E-state index is 0.0100. The first-order valence-corrected chi connectivity index (χ1v) is 10.2. The highest BCUT2D eigenvalue weighted by Gasteiger charge is 2.45. The smallest absolute Gasteiger partial charge is 0.310 e. The summed E-state index contributed by atoms with van der Waals surface area (Å²) in [5.74, 6) is -2.14. The van der Waals surface area contributed by atoms with Gasteiger partial charge in [-0.3, -0.25) is 9.52 Å². The Labute approximate surface area is 139 Å². The number of hydrogen-bond acceptors (Lipinski definition) is 5. The van der Waals surface area contributed by atoms with Gasteiger partial charge in [0.15, 0.2) is 0 Å². The van der Waals surface area contributed by atoms with E-state index in [1.807, 2.05) is 4.72 Å². The average Bonchev–Trinajstić information content (AvgIpc) is 2.84. The molecule has 1 aliphatic heterocycles. The second-order valence-corrected chi connectivity index (χ2v) is 9.66. The maximum absolute atomic E-state index is 14.0. The summed E-state index contributed by atoms with van der Waals surface area (Å²) < 4.78 is 64.2. The van der Waals surface area contributed by atoms with Crippen molar-refractivity contribution >= 4 is 31.7 Å². The number of benzene rings is 1. The standard InChI is InChI=1S/C13H17FN2O6S2/c1-13(12(17)18)5-6-16(8-13)24(21,22)9-3-4-11(10(14)7-9)15-23(2,19)20/h3-4,7,15H,5-6,8H2,1-2H3,(H,17,18). The molecule has 11 heteroatoms. The number of rotatable bonds is 5. The molecule has 0 saturated carbocycles. The Bertz CT molecular complexity index is 884. The van der Waals surface area contributed by atoms with E-state index in [-0.39, 0.29) is 30.1 Å². The van der Waals surface area contributed by atoms with Gasteiger partial charge in [-0.15, -0.1) is 0 Å². The first-order valence-electron chi connectivity index (χ1n) is 6.86. The Kier molecular flexibility index (Phi) is 4.63. The zero-order valence-corrected chi connectivity index (χ0v) is 14.6. The molecule has 0 aliphatic carbocycles. The molecule has 1 aromatic carbocycles. The Morgan fingerprint density at radius 1 is 1.33 bits per heavy atom. The lowest BCUT2D eigenvalue weighted by atomic mass is 9.90. The molecular formula is C13H17FN2O6S2. The Morgan fingerprint density at radius 3 is 2.42 bits per heavy atom. The van der Waals surface area contributed by atoms with E-state index in [2.05, 4.69) is 0 Å². The van der Waals surface area contributed by atoms with E-state index >= 15 is 0 Å². The van der Waals surface area contributed by atoms with Crippen molar-refractivity contribution in [3.8, 4) is 0 Å². The molecule has 134 valence electrons. The van der Waals surface area contributed by atoms with Gasteiger partial charge in [0.25, 0.3) is 0 Å². The average molecular weight is 380 g/mol. The van der Waals surface area contributed by atoms with Crippen molar-refractivity contribution in [3.63, 3.8) is 0 Å². The van der Waals surface area contributed by atoms with Gasteiger partial charge in [-0.25, -0.2) is 21.2 Å². The fraction of sp³-hybridized carbons (Fsp3) is 0.462. The van der Waals surface area contributed by atoms with Gasteiger partial charge in [-0.2, -0.15) is 4.31 Å². The van der Waals surface area contributed by atoms with Gasteiger partial charge in [-0.05, 0) is 31.5 Å². The lowest BCUT2D eigenvalue weighted by Crippen LogP contribution is -2.34. The molecular weight excluding hydrogens is 363 g/mol. The fourth-order valence-electron chi connectivity index (χ4n) is 2.39. The van der Waals surface area contributed by atoms with Crippen LogP contribution in [-0.2, 0) is 24.8 Å². The van der Waals surface area contributed by atoms with E-state index < -0.39 is 37.2 Å². The van der Waals surface area contributed by atoms with Crippen molar-refractivity contribution in [2.75, 3.05) is 24.1 Å². The minimum Gasteiger partial charge on any atom is -0.481 e. The number of nitrogens with one attached hydrogen (secondary N) is 1. The molecule has 0 spiro atoms. The number of anilines is 1. The van der Waals surface area contributed by atoms with Crippen molar-refractivity contribution in [1.29, 1.82) is 0 Å². The van der Waals surface area contributed by atoms with Crippen LogP contribution in [-0.4, -0.2) is 51.6 Å². The molecule has 0 radical (unpaired) electrons. The van der Waals surface area contributed by atoms with Crippen LogP contribution < -0.4 is 4.72 Å². The van der Waals surface area contributed by atoms with Crippen molar-refractivity contribution in [1.82, 2.24) is 4.31 Å². The van der Waals surface area contributed by atoms with Gasteiger partial charge in [0.05, 0.1) is 22.3 Å². The van der Waals surface area contributed by atoms with Crippen LogP contribution >= 0.6 is 0 Å². The minimum atomic E-state index is -4.07. The lowest BCUT2D eigenvalue weighted by molar-refractivity contribution is -0.146. The Hall–Kier alpha value is -1.72. The maximum Gasteiger partial charge on any atom is 0.310 e. The molecule has 1 saturated heterocycles. The van der Waals surface area contributed by atoms with Gasteiger partial charge < -0.3 is 5.11 Å². The van der Waals surface area contributed by atoms with Gasteiger partial charge in [0, 0.05) is 13.1 Å². The number of hydrogen-bond donors (Lipinski definition) is 2. The molecule has 8 nitrogen and oxygen atoms in total. The number of carboxylic acid groups (broad SMARTS) is 1. The number of carbonyl (C=O) groups is 1. The van der Waals surface area contributed by atoms with Gasteiger partial charge in [-0.1, -0.05) is 0 Å². The van der Waals surface area contributed by atoms with Crippen LogP contribution in [0, 0.1) is 11.2 Å². The normalized spacial score (nSPS) is 22.5. The van der Waals surface area contributed by atoms with Crippen LogP contribution in [0.25, 0.3) is 0 Å². The monoisotopic (exact) mass is 380 g/mol. The summed E-state index contributed by atoms with van der Waals surface area (Å²) in [4.78, 5) is 10.9. The number of aliphatic carboxylic acids is 1. The second-order valence-electron chi connectivity index (χ2n) is 5.97. The van der Waals surface area contributed by atoms with E-state index in [1.54, 1.807) is 0 Å². The van der Waals surface area contributed by atoms with E-state index in [0.29, 0.717) is 6.07 Å². The molecule has 0 amide bonds. The summed E-state index contributed by atoms with van der Waals surface area (Å²) in [6, 6.07) is 2.79. The summed E-state index contributed by atoms with van der Waals surface area (Å²) in [7, 11) is -7.78. The van der Waals surface area contributed by atoms with Crippen molar-refractivity contribution in [2.24, 2.45) is 5.41 Å². The maximum atomic E-state index is 14.0. The van der Waals surface area contributed by atoms with Gasteiger partial charge in [0.1, 0.15) is 5.82 Å². The molecule has 2 rings (SSSR count). The number of nitrogens with zero attached hydrogens (tertiary/aromatic N) is 1. The number of carboxylic acids is 1. The highest BCUT2D eigenvalue weighted by atomic mass is 32.2. The van der Waals surface area contributed by atoms with Crippen LogP contribution in [0.2, 0.25) is 0 Å². The Balaban J connectivity index is 2.31. The fourth-order valence-corrected chi connectivity index (χ4v) is 4.53. The van der Waals surface area contributed by atoms with E-state index in [4.69, 9.17) is 5.11 Å². The molecule has 1 aliphatic rings. The van der Waals surface area contributed by atoms with E-state index in [1.165, 1.54) is 6.92 Å². The molecule has 24 heavy (non-hydrogen) atoms. The van der Waals surface area contributed by atoms with Gasteiger partial charge >= 0.3 is 5.97 Å². The zero-order chi connectivity index (χ0) is 18.3. The molecule has 1 fully saturated rings. The largest absolute Gasteiger partial charge is 0.481 e. The molecule has 2 N–H and O–H groups in total. The number of halogens is 1. The highest BCUT2D eigenvalue weighted by Crippen LogP contribution is 2.34. The predicted molar refractivity (Wildman–Crippen MR) is 84.0 cm³/mol. The highest BCUT2D eigenvalue weighted by molar-refractivity contribution is 7.92. The summed E-state index contributed by atoms with van der Waals surface area (Å²) in [5.41, 5.74) is -1.56. The third-order valence-electron chi connectivity index (χ3n) is 3.83. The summed E-state index contributed by atoms with van der Waals surface area (Å²) in [5, 5.41) is 9.17. The first kappa shape index (κ1) is 18.6. The Morgan fingerprint density at radius 2 is 1.96 bits per heavy atom. The predicted octanol–water partition coefficient (Wildman–Crippen LogP) is 0.682. The molecule has 0 aromatic heterocycles. The van der Waals surface area contributed by atoms with Crippen molar-refractivity contribution in [2.45, 2.75) is 18.2 Å². The lowest BCUT2D eigenvalue weighted by Gasteiger charge is -2.20. The van der Waals surface area contributed by atoms with Crippen LogP contribution in [0.4, 0.5) is 10.1 Å². The molecule has 1 atom stereocenters. The number of sulfonamides is 2. The van der Waals surface area contributed by atoms with Gasteiger partial charge in [0.2, 0.25) is 20.0 Å². The van der Waals surface area contributed by atoms with E-state index in [9.17, 15) is 26.0 Å². The van der Waals surface area contributed by atoms with Crippen LogP contribution in [0.1, 0.15) is 13.3 Å². The molecule has 1 aromatic rings. The quantitative estimate of drug-likeness (QED) is 0.775. The van der Waals surface area contributed by atoms with Crippen LogP contribution in [0.15, 0.2) is 23.1 Å². The summed E-state index contributed by atoms with van der Waals surface area (Å²) in [6.07, 6.45) is 0.992. The molecule has 1 heterocycles. The third-order valence-corrected chi connectivity index (χ3v) is 6.26. The second kappa shape index (κ2) is 5.97. The summed E-state index contributed by atoms with van der Waals surface area (Å²) in [6.45, 7) is 1.25. The summed E-state index contributed by atoms with van der Waals surface area (Å²) >= 11 is 0.